The first-order valence-corrected chi connectivity index (χ1v) is 10.9. The molecule has 0 radical (unpaired) electrons. The van der Waals surface area contributed by atoms with E-state index in [1.54, 1.807) is 37.0 Å². The van der Waals surface area contributed by atoms with Gasteiger partial charge >= 0.3 is 0 Å². The molecule has 30 heavy (non-hydrogen) atoms. The summed E-state index contributed by atoms with van der Waals surface area (Å²) in [5.74, 6) is 0.463. The third-order valence-corrected chi connectivity index (χ3v) is 5.02. The Morgan fingerprint density at radius 1 is 1.23 bits per heavy atom. The summed E-state index contributed by atoms with van der Waals surface area (Å²) in [4.78, 5) is 8.88. The Hall–Kier alpha value is -2.57. The van der Waals surface area contributed by atoms with Crippen molar-refractivity contribution in [2.45, 2.75) is 52.0 Å². The van der Waals surface area contributed by atoms with E-state index in [2.05, 4.69) is 61.1 Å². The second-order valence-electron chi connectivity index (χ2n) is 7.11. The van der Waals surface area contributed by atoms with E-state index in [9.17, 15) is 5.11 Å². The molecular weight excluding hydrogens is 392 g/mol. The van der Waals surface area contributed by atoms with Gasteiger partial charge < -0.3 is 15.7 Å². The van der Waals surface area contributed by atoms with Gasteiger partial charge in [-0.1, -0.05) is 38.0 Å². The SMILES string of the molecule is C=C/C(=C\SC(C)c1ccnc(NC(=C)/C=C(\C=C/C)C(C)O)n1)C(=C)NC(C)C. The number of aliphatic hydroxyl groups excluding tert-OH is 1. The van der Waals surface area contributed by atoms with Crippen LogP contribution < -0.4 is 10.6 Å². The molecule has 0 aliphatic carbocycles. The molecule has 0 bridgehead atoms. The van der Waals surface area contributed by atoms with Crippen molar-refractivity contribution in [3.05, 3.63) is 89.9 Å². The molecule has 0 aliphatic heterocycles. The summed E-state index contributed by atoms with van der Waals surface area (Å²) < 4.78 is 0. The molecule has 0 spiro atoms. The molecule has 0 fully saturated rings. The Bertz CT molecular complexity index is 837. The van der Waals surface area contributed by atoms with Gasteiger partial charge in [0.2, 0.25) is 5.95 Å². The molecule has 0 saturated carbocycles. The topological polar surface area (TPSA) is 70.1 Å². The molecule has 162 valence electrons. The van der Waals surface area contributed by atoms with Crippen LogP contribution in [0.15, 0.2) is 84.3 Å². The van der Waals surface area contributed by atoms with Crippen LogP contribution in [0.2, 0.25) is 0 Å². The highest BCUT2D eigenvalue weighted by atomic mass is 32.2. The Balaban J connectivity index is 2.89. The Morgan fingerprint density at radius 2 is 1.93 bits per heavy atom. The fourth-order valence-corrected chi connectivity index (χ4v) is 3.32. The lowest BCUT2D eigenvalue weighted by molar-refractivity contribution is 0.235. The molecule has 0 saturated heterocycles. The Kier molecular flexibility index (Phi) is 10.9. The fourth-order valence-electron chi connectivity index (χ4n) is 2.46. The summed E-state index contributed by atoms with van der Waals surface area (Å²) in [6, 6.07) is 2.20. The minimum Gasteiger partial charge on any atom is -0.389 e. The fraction of sp³-hybridized carbons (Fsp3) is 0.333. The number of nitrogens with zero attached hydrogens (tertiary/aromatic N) is 2. The Morgan fingerprint density at radius 3 is 2.50 bits per heavy atom. The molecule has 1 aromatic rings. The number of rotatable bonds is 12. The molecule has 5 nitrogen and oxygen atoms in total. The van der Waals surface area contributed by atoms with E-state index >= 15 is 0 Å². The number of hydrogen-bond acceptors (Lipinski definition) is 6. The summed E-state index contributed by atoms with van der Waals surface area (Å²) >= 11 is 1.64. The van der Waals surface area contributed by atoms with E-state index in [0.29, 0.717) is 17.7 Å². The summed E-state index contributed by atoms with van der Waals surface area (Å²) in [5.41, 5.74) is 4.06. The molecular formula is C24H34N4OS. The molecule has 0 aromatic carbocycles. The van der Waals surface area contributed by atoms with Crippen LogP contribution >= 0.6 is 11.8 Å². The van der Waals surface area contributed by atoms with Crippen LogP contribution in [-0.4, -0.2) is 27.2 Å². The minimum atomic E-state index is -0.589. The first-order chi connectivity index (χ1) is 14.2. The van der Waals surface area contributed by atoms with Crippen LogP contribution in [0.25, 0.3) is 0 Å². The molecule has 2 atom stereocenters. The monoisotopic (exact) mass is 426 g/mol. The number of anilines is 1. The molecule has 6 heteroatoms. The summed E-state index contributed by atoms with van der Waals surface area (Å²) in [5, 5.41) is 18.4. The van der Waals surface area contributed by atoms with Crippen LogP contribution in [0.3, 0.4) is 0 Å². The van der Waals surface area contributed by atoms with Gasteiger partial charge in [0.15, 0.2) is 0 Å². The quantitative estimate of drug-likeness (QED) is 0.375. The number of thioether (sulfide) groups is 1. The van der Waals surface area contributed by atoms with Gasteiger partial charge in [0, 0.05) is 34.5 Å². The predicted molar refractivity (Wildman–Crippen MR) is 131 cm³/mol. The zero-order valence-corrected chi connectivity index (χ0v) is 19.5. The van der Waals surface area contributed by atoms with Gasteiger partial charge in [-0.2, -0.15) is 0 Å². The molecule has 1 aromatic heterocycles. The molecule has 2 unspecified atom stereocenters. The summed E-state index contributed by atoms with van der Waals surface area (Å²) in [7, 11) is 0. The first kappa shape index (κ1) is 25.5. The van der Waals surface area contributed by atoms with E-state index < -0.39 is 6.10 Å². The van der Waals surface area contributed by atoms with Gasteiger partial charge in [-0.25, -0.2) is 9.97 Å². The van der Waals surface area contributed by atoms with Crippen molar-refractivity contribution in [2.24, 2.45) is 0 Å². The van der Waals surface area contributed by atoms with Gasteiger partial charge in [0.1, 0.15) is 0 Å². The smallest absolute Gasteiger partial charge is 0.227 e. The highest BCUT2D eigenvalue weighted by Crippen LogP contribution is 2.30. The molecule has 1 heterocycles. The number of allylic oxidation sites excluding steroid dienone is 3. The summed E-state index contributed by atoms with van der Waals surface area (Å²) in [6.45, 7) is 21.8. The van der Waals surface area contributed by atoms with E-state index in [1.165, 1.54) is 0 Å². The molecule has 1 rings (SSSR count). The van der Waals surface area contributed by atoms with Crippen LogP contribution in [0.4, 0.5) is 5.95 Å². The standard InChI is InChI=1S/C24H34N4OS/c1-9-11-22(19(7)29)14-17(5)27-24-25-13-12-23(28-24)20(8)30-15-21(10-2)18(6)26-16(3)4/h9-16,19-20,26,29H,2,5-6H2,1,3-4,7-8H3,(H,25,27,28)/b11-9-,21-15+,22-14+. The van der Waals surface area contributed by atoms with Crippen molar-refractivity contribution in [3.8, 4) is 0 Å². The van der Waals surface area contributed by atoms with E-state index in [4.69, 9.17) is 0 Å². The maximum absolute atomic E-state index is 9.84. The number of aromatic nitrogens is 2. The predicted octanol–water partition coefficient (Wildman–Crippen LogP) is 5.66. The summed E-state index contributed by atoms with van der Waals surface area (Å²) in [6.07, 6.45) is 8.43. The van der Waals surface area contributed by atoms with Crippen LogP contribution in [0, 0.1) is 0 Å². The van der Waals surface area contributed by atoms with E-state index in [1.807, 2.05) is 30.6 Å². The maximum Gasteiger partial charge on any atom is 0.227 e. The average molecular weight is 427 g/mol. The van der Waals surface area contributed by atoms with Crippen molar-refractivity contribution in [3.63, 3.8) is 0 Å². The van der Waals surface area contributed by atoms with Crippen molar-refractivity contribution in [1.82, 2.24) is 15.3 Å². The number of aliphatic hydroxyl groups is 1. The van der Waals surface area contributed by atoms with Gasteiger partial charge in [-0.05, 0) is 57.7 Å². The van der Waals surface area contributed by atoms with E-state index in [0.717, 1.165) is 22.5 Å². The molecule has 0 amide bonds. The van der Waals surface area contributed by atoms with Gasteiger partial charge in [-0.15, -0.1) is 11.8 Å². The average Bonchev–Trinajstić information content (AvgIpc) is 2.67. The normalized spacial score (nSPS) is 14.5. The third kappa shape index (κ3) is 8.84. The second-order valence-corrected chi connectivity index (χ2v) is 8.32. The lowest BCUT2D eigenvalue weighted by atomic mass is 10.1. The van der Waals surface area contributed by atoms with Gasteiger partial charge in [0.25, 0.3) is 0 Å². The van der Waals surface area contributed by atoms with Crippen molar-refractivity contribution < 1.29 is 5.11 Å². The highest BCUT2D eigenvalue weighted by molar-refractivity contribution is 8.02. The molecule has 0 aliphatic rings. The largest absolute Gasteiger partial charge is 0.389 e. The lowest BCUT2D eigenvalue weighted by Gasteiger charge is -2.15. The van der Waals surface area contributed by atoms with Crippen LogP contribution in [0.1, 0.15) is 45.6 Å². The number of hydrogen-bond donors (Lipinski definition) is 3. The highest BCUT2D eigenvalue weighted by Gasteiger charge is 2.10. The maximum atomic E-state index is 9.84. The molecule has 3 N–H and O–H groups in total. The zero-order valence-electron chi connectivity index (χ0n) is 18.6. The van der Waals surface area contributed by atoms with Crippen LogP contribution in [0.5, 0.6) is 0 Å². The lowest BCUT2D eigenvalue weighted by Crippen LogP contribution is -2.21. The minimum absolute atomic E-state index is 0.107. The number of nitrogens with one attached hydrogen (secondary N) is 2. The van der Waals surface area contributed by atoms with Crippen molar-refractivity contribution in [1.29, 1.82) is 0 Å². The third-order valence-electron chi connectivity index (χ3n) is 3.98. The van der Waals surface area contributed by atoms with Crippen LogP contribution in [-0.2, 0) is 0 Å². The van der Waals surface area contributed by atoms with Gasteiger partial charge in [0.05, 0.1) is 11.8 Å². The first-order valence-electron chi connectivity index (χ1n) is 9.93. The van der Waals surface area contributed by atoms with Gasteiger partial charge in [-0.3, -0.25) is 0 Å². The van der Waals surface area contributed by atoms with Crippen molar-refractivity contribution >= 4 is 17.7 Å². The Labute approximate surface area is 185 Å². The van der Waals surface area contributed by atoms with Crippen molar-refractivity contribution in [2.75, 3.05) is 5.32 Å². The zero-order chi connectivity index (χ0) is 22.7. The second kappa shape index (κ2) is 12.9. The van der Waals surface area contributed by atoms with E-state index in [-0.39, 0.29) is 5.25 Å².